The molecular weight excluding hydrogens is 351 g/mol. The zero-order valence-electron chi connectivity index (χ0n) is 13.0. The van der Waals surface area contributed by atoms with Gasteiger partial charge in [-0.1, -0.05) is 29.8 Å². The maximum atomic E-state index is 13.0. The monoisotopic (exact) mass is 363 g/mol. The van der Waals surface area contributed by atoms with E-state index >= 15 is 0 Å². The van der Waals surface area contributed by atoms with Crippen LogP contribution in [-0.4, -0.2) is 15.9 Å². The fraction of sp³-hybridized carbons (Fsp3) is 0.118. The van der Waals surface area contributed by atoms with Gasteiger partial charge in [0.05, 0.1) is 11.3 Å². The van der Waals surface area contributed by atoms with Crippen LogP contribution in [0.3, 0.4) is 0 Å². The van der Waals surface area contributed by atoms with Crippen molar-refractivity contribution < 1.29 is 18.0 Å². The first-order valence-corrected chi connectivity index (χ1v) is 8.08. The number of carbonyl (C=O) groups excluding carboxylic acids is 1. The molecule has 0 unspecified atom stereocenters. The molecule has 25 heavy (non-hydrogen) atoms. The average Bonchev–Trinajstić information content (AvgIpc) is 3.03. The number of amides is 1. The molecule has 4 nitrogen and oxygen atoms in total. The second kappa shape index (κ2) is 6.64. The molecule has 0 spiro atoms. The predicted octanol–water partition coefficient (Wildman–Crippen LogP) is 4.78. The van der Waals surface area contributed by atoms with E-state index in [1.165, 1.54) is 6.07 Å². The number of aryl methyl sites for hydroxylation is 1. The number of rotatable bonds is 3. The maximum absolute atomic E-state index is 13.0. The van der Waals surface area contributed by atoms with Crippen molar-refractivity contribution >= 4 is 22.4 Å². The van der Waals surface area contributed by atoms with Gasteiger partial charge in [0.15, 0.2) is 10.8 Å². The Bertz CT molecular complexity index is 904. The van der Waals surface area contributed by atoms with E-state index in [0.29, 0.717) is 5.69 Å². The lowest BCUT2D eigenvalue weighted by Crippen LogP contribution is -2.20. The van der Waals surface area contributed by atoms with Crippen molar-refractivity contribution in [1.29, 1.82) is 0 Å². The van der Waals surface area contributed by atoms with Crippen LogP contribution in [0.2, 0.25) is 0 Å². The zero-order chi connectivity index (χ0) is 18.0. The van der Waals surface area contributed by atoms with Gasteiger partial charge in [-0.15, -0.1) is 11.3 Å². The summed E-state index contributed by atoms with van der Waals surface area (Å²) in [5, 5.41) is 4.35. The number of hydrogen-bond donors (Lipinski definition) is 1. The number of carbonyl (C=O) groups is 1. The van der Waals surface area contributed by atoms with Crippen LogP contribution in [0.4, 0.5) is 18.3 Å². The quantitative estimate of drug-likeness (QED) is 0.728. The highest BCUT2D eigenvalue weighted by atomic mass is 32.1. The highest BCUT2D eigenvalue weighted by Crippen LogP contribution is 2.31. The lowest BCUT2D eigenvalue weighted by Gasteiger charge is -2.10. The number of alkyl halides is 3. The summed E-state index contributed by atoms with van der Waals surface area (Å²) < 4.78 is 38.9. The number of halogens is 3. The minimum atomic E-state index is -4.70. The number of benzene rings is 1. The first-order chi connectivity index (χ1) is 11.8. The van der Waals surface area contributed by atoms with E-state index in [2.05, 4.69) is 15.3 Å². The van der Waals surface area contributed by atoms with Gasteiger partial charge < -0.3 is 0 Å². The Labute approximate surface area is 145 Å². The third kappa shape index (κ3) is 3.85. The van der Waals surface area contributed by atoms with Gasteiger partial charge in [-0.3, -0.25) is 15.1 Å². The third-order valence-corrected chi connectivity index (χ3v) is 4.15. The molecule has 0 bridgehead atoms. The fourth-order valence-electron chi connectivity index (χ4n) is 2.17. The van der Waals surface area contributed by atoms with Crippen LogP contribution in [0.5, 0.6) is 0 Å². The standard InChI is InChI=1S/C17H12F3N3OS/c1-10-4-6-11(7-5-10)13-9-25-16(22-13)23-15(24)12-3-2-8-21-14(12)17(18,19)20/h2-9H,1H3,(H,22,23,24). The van der Waals surface area contributed by atoms with E-state index in [4.69, 9.17) is 0 Å². The highest BCUT2D eigenvalue weighted by Gasteiger charge is 2.37. The molecule has 0 fully saturated rings. The number of anilines is 1. The van der Waals surface area contributed by atoms with Gasteiger partial charge in [0.25, 0.3) is 5.91 Å². The fourth-order valence-corrected chi connectivity index (χ4v) is 2.88. The zero-order valence-corrected chi connectivity index (χ0v) is 13.8. The minimum Gasteiger partial charge on any atom is -0.298 e. The molecule has 1 N–H and O–H groups in total. The van der Waals surface area contributed by atoms with Gasteiger partial charge in [0.2, 0.25) is 0 Å². The number of pyridine rings is 1. The summed E-state index contributed by atoms with van der Waals surface area (Å²) in [5.41, 5.74) is 0.843. The van der Waals surface area contributed by atoms with Crippen molar-refractivity contribution in [3.05, 3.63) is 64.8 Å². The number of hydrogen-bond acceptors (Lipinski definition) is 4. The lowest BCUT2D eigenvalue weighted by atomic mass is 10.1. The third-order valence-electron chi connectivity index (χ3n) is 3.39. The molecule has 3 aromatic rings. The van der Waals surface area contributed by atoms with E-state index < -0.39 is 23.3 Å². The number of nitrogens with one attached hydrogen (secondary N) is 1. The van der Waals surface area contributed by atoms with E-state index in [0.717, 1.165) is 34.7 Å². The molecule has 1 aromatic carbocycles. The van der Waals surface area contributed by atoms with Gasteiger partial charge in [-0.2, -0.15) is 13.2 Å². The summed E-state index contributed by atoms with van der Waals surface area (Å²) in [6.45, 7) is 1.96. The summed E-state index contributed by atoms with van der Waals surface area (Å²) in [6, 6.07) is 10.00. The molecule has 0 saturated heterocycles. The van der Waals surface area contributed by atoms with Gasteiger partial charge >= 0.3 is 6.18 Å². The topological polar surface area (TPSA) is 54.9 Å². The second-order valence-electron chi connectivity index (χ2n) is 5.26. The van der Waals surface area contributed by atoms with E-state index in [-0.39, 0.29) is 5.13 Å². The largest absolute Gasteiger partial charge is 0.434 e. The Morgan fingerprint density at radius 1 is 1.16 bits per heavy atom. The average molecular weight is 363 g/mol. The molecule has 2 aromatic heterocycles. The van der Waals surface area contributed by atoms with Crippen molar-refractivity contribution in [2.45, 2.75) is 13.1 Å². The summed E-state index contributed by atoms with van der Waals surface area (Å²) >= 11 is 1.14. The maximum Gasteiger partial charge on any atom is 0.434 e. The minimum absolute atomic E-state index is 0.220. The van der Waals surface area contributed by atoms with Crippen molar-refractivity contribution in [2.24, 2.45) is 0 Å². The van der Waals surface area contributed by atoms with Crippen molar-refractivity contribution in [3.63, 3.8) is 0 Å². The molecule has 0 saturated carbocycles. The highest BCUT2D eigenvalue weighted by molar-refractivity contribution is 7.14. The first-order valence-electron chi connectivity index (χ1n) is 7.21. The van der Waals surface area contributed by atoms with E-state index in [9.17, 15) is 18.0 Å². The van der Waals surface area contributed by atoms with Crippen molar-refractivity contribution in [3.8, 4) is 11.3 Å². The summed E-state index contributed by atoms with van der Waals surface area (Å²) in [7, 11) is 0. The van der Waals surface area contributed by atoms with Crippen LogP contribution < -0.4 is 5.32 Å². The predicted molar refractivity (Wildman–Crippen MR) is 89.5 cm³/mol. The molecule has 0 aliphatic rings. The number of aromatic nitrogens is 2. The second-order valence-corrected chi connectivity index (χ2v) is 6.11. The van der Waals surface area contributed by atoms with Gasteiger partial charge in [-0.25, -0.2) is 4.98 Å². The molecule has 8 heteroatoms. The first kappa shape index (κ1) is 17.1. The van der Waals surface area contributed by atoms with Crippen LogP contribution in [0.15, 0.2) is 48.0 Å². The van der Waals surface area contributed by atoms with Crippen LogP contribution >= 0.6 is 11.3 Å². The number of nitrogens with zero attached hydrogens (tertiary/aromatic N) is 2. The molecule has 1 amide bonds. The molecule has 2 heterocycles. The van der Waals surface area contributed by atoms with Gasteiger partial charge in [-0.05, 0) is 19.1 Å². The Morgan fingerprint density at radius 2 is 1.88 bits per heavy atom. The Morgan fingerprint density at radius 3 is 2.56 bits per heavy atom. The smallest absolute Gasteiger partial charge is 0.298 e. The molecular formula is C17H12F3N3OS. The van der Waals surface area contributed by atoms with Crippen LogP contribution in [0, 0.1) is 6.92 Å². The molecule has 128 valence electrons. The SMILES string of the molecule is Cc1ccc(-c2csc(NC(=O)c3cccnc3C(F)(F)F)n2)cc1. The molecule has 0 atom stereocenters. The molecule has 0 radical (unpaired) electrons. The molecule has 0 aliphatic heterocycles. The normalized spacial score (nSPS) is 11.4. The van der Waals surface area contributed by atoms with E-state index in [1.54, 1.807) is 5.38 Å². The van der Waals surface area contributed by atoms with Crippen LogP contribution in [-0.2, 0) is 6.18 Å². The Kier molecular flexibility index (Phi) is 4.54. The van der Waals surface area contributed by atoms with Crippen molar-refractivity contribution in [2.75, 3.05) is 5.32 Å². The van der Waals surface area contributed by atoms with E-state index in [1.807, 2.05) is 31.2 Å². The van der Waals surface area contributed by atoms with Gasteiger partial charge in [0.1, 0.15) is 0 Å². The Balaban J connectivity index is 1.82. The van der Waals surface area contributed by atoms with Crippen molar-refractivity contribution in [1.82, 2.24) is 9.97 Å². The number of thiazole rings is 1. The summed E-state index contributed by atoms with van der Waals surface area (Å²) in [6.07, 6.45) is -3.71. The molecule has 0 aliphatic carbocycles. The lowest BCUT2D eigenvalue weighted by molar-refractivity contribution is -0.141. The Hall–Kier alpha value is -2.74. The summed E-state index contributed by atoms with van der Waals surface area (Å²) in [4.78, 5) is 19.7. The summed E-state index contributed by atoms with van der Waals surface area (Å²) in [5.74, 6) is -0.898. The van der Waals surface area contributed by atoms with Crippen LogP contribution in [0.1, 0.15) is 21.6 Å². The van der Waals surface area contributed by atoms with Crippen LogP contribution in [0.25, 0.3) is 11.3 Å². The molecule has 3 rings (SSSR count). The van der Waals surface area contributed by atoms with Gasteiger partial charge in [0, 0.05) is 17.1 Å².